The van der Waals surface area contributed by atoms with Crippen molar-refractivity contribution in [1.82, 2.24) is 15.6 Å². The van der Waals surface area contributed by atoms with Gasteiger partial charge in [0, 0.05) is 40.7 Å². The van der Waals surface area contributed by atoms with Crippen molar-refractivity contribution in [3.8, 4) is 0 Å². The number of guanidine groups is 1. The van der Waals surface area contributed by atoms with Crippen LogP contribution >= 0.6 is 22.9 Å². The van der Waals surface area contributed by atoms with E-state index in [1.54, 1.807) is 30.5 Å². The van der Waals surface area contributed by atoms with Crippen molar-refractivity contribution in [2.24, 2.45) is 4.99 Å². The van der Waals surface area contributed by atoms with Gasteiger partial charge in [-0.15, -0.1) is 11.3 Å². The molecule has 2 unspecified atom stereocenters. The molecule has 0 amide bonds. The topological polar surface area (TPSA) is 49.3 Å². The standard InChI is InChI=1S/C16H18ClFN4S/c1-9-8-23-14(21-9)7-20-16(19-2)22-13-6-10(13)15-11(17)4-3-5-12(15)18/h3-5,8,10,13H,6-7H2,1-2H3,(H2,19,20,22). The second-order valence-electron chi connectivity index (χ2n) is 5.54. The van der Waals surface area contributed by atoms with Gasteiger partial charge in [0.05, 0.1) is 6.54 Å². The Morgan fingerprint density at radius 2 is 2.35 bits per heavy atom. The average molecular weight is 353 g/mol. The van der Waals surface area contributed by atoms with Gasteiger partial charge in [-0.05, 0) is 25.5 Å². The lowest BCUT2D eigenvalue weighted by atomic mass is 10.1. The molecular weight excluding hydrogens is 335 g/mol. The van der Waals surface area contributed by atoms with Crippen LogP contribution in [-0.4, -0.2) is 24.0 Å². The van der Waals surface area contributed by atoms with Crippen LogP contribution in [0.3, 0.4) is 0 Å². The Kier molecular flexibility index (Phi) is 4.82. The Morgan fingerprint density at radius 3 is 3.00 bits per heavy atom. The molecule has 0 bridgehead atoms. The minimum atomic E-state index is -0.243. The van der Waals surface area contributed by atoms with E-state index in [2.05, 4.69) is 20.6 Å². The normalized spacial score (nSPS) is 20.4. The summed E-state index contributed by atoms with van der Waals surface area (Å²) in [4.78, 5) is 8.61. The van der Waals surface area contributed by atoms with Gasteiger partial charge >= 0.3 is 0 Å². The molecule has 2 N–H and O–H groups in total. The Balaban J connectivity index is 1.57. The summed E-state index contributed by atoms with van der Waals surface area (Å²) in [5.41, 5.74) is 1.61. The minimum Gasteiger partial charge on any atom is -0.353 e. The molecular formula is C16H18ClFN4S. The first kappa shape index (κ1) is 16.2. The summed E-state index contributed by atoms with van der Waals surface area (Å²) in [7, 11) is 1.72. The van der Waals surface area contributed by atoms with Gasteiger partial charge < -0.3 is 10.6 Å². The number of aromatic nitrogens is 1. The first-order valence-electron chi connectivity index (χ1n) is 7.40. The van der Waals surface area contributed by atoms with Gasteiger partial charge in [0.2, 0.25) is 0 Å². The van der Waals surface area contributed by atoms with Gasteiger partial charge in [0.1, 0.15) is 10.8 Å². The molecule has 0 saturated heterocycles. The summed E-state index contributed by atoms with van der Waals surface area (Å²) in [6, 6.07) is 4.96. The molecule has 1 heterocycles. The number of nitrogens with zero attached hydrogens (tertiary/aromatic N) is 2. The van der Waals surface area contributed by atoms with Crippen molar-refractivity contribution in [1.29, 1.82) is 0 Å². The van der Waals surface area contributed by atoms with Crippen LogP contribution in [0.4, 0.5) is 4.39 Å². The van der Waals surface area contributed by atoms with Crippen molar-refractivity contribution in [2.45, 2.75) is 31.8 Å². The second-order valence-corrected chi connectivity index (χ2v) is 6.89. The van der Waals surface area contributed by atoms with Crippen LogP contribution < -0.4 is 10.6 Å². The molecule has 3 rings (SSSR count). The molecule has 2 aromatic rings. The third-order valence-corrected chi connectivity index (χ3v) is 5.08. The first-order valence-corrected chi connectivity index (χ1v) is 8.66. The van der Waals surface area contributed by atoms with Crippen LogP contribution in [-0.2, 0) is 6.54 Å². The Morgan fingerprint density at radius 1 is 1.52 bits per heavy atom. The van der Waals surface area contributed by atoms with Crippen LogP contribution in [0.1, 0.15) is 28.6 Å². The maximum Gasteiger partial charge on any atom is 0.191 e. The van der Waals surface area contributed by atoms with E-state index in [0.717, 1.165) is 17.1 Å². The summed E-state index contributed by atoms with van der Waals surface area (Å²) >= 11 is 7.74. The quantitative estimate of drug-likeness (QED) is 0.654. The summed E-state index contributed by atoms with van der Waals surface area (Å²) in [6.45, 7) is 2.59. The largest absolute Gasteiger partial charge is 0.353 e. The smallest absolute Gasteiger partial charge is 0.191 e. The van der Waals surface area contributed by atoms with E-state index in [-0.39, 0.29) is 17.8 Å². The number of rotatable bonds is 4. The Hall–Kier alpha value is -1.66. The highest BCUT2D eigenvalue weighted by Gasteiger charge is 2.41. The van der Waals surface area contributed by atoms with Gasteiger partial charge in [-0.1, -0.05) is 17.7 Å². The van der Waals surface area contributed by atoms with Gasteiger partial charge in [-0.3, -0.25) is 4.99 Å². The molecule has 2 atom stereocenters. The number of hydrogen-bond donors (Lipinski definition) is 2. The van der Waals surface area contributed by atoms with Gasteiger partial charge in [0.25, 0.3) is 0 Å². The van der Waals surface area contributed by atoms with E-state index in [1.165, 1.54) is 6.07 Å². The lowest BCUT2D eigenvalue weighted by molar-refractivity contribution is 0.608. The molecule has 0 aliphatic heterocycles. The summed E-state index contributed by atoms with van der Waals surface area (Å²) in [5.74, 6) is 0.537. The van der Waals surface area contributed by atoms with Crippen LogP contribution in [0.2, 0.25) is 5.02 Å². The van der Waals surface area contributed by atoms with Crippen molar-refractivity contribution >= 4 is 28.9 Å². The molecule has 4 nitrogen and oxygen atoms in total. The lowest BCUT2D eigenvalue weighted by Gasteiger charge is -2.11. The molecule has 1 aromatic heterocycles. The van der Waals surface area contributed by atoms with E-state index in [4.69, 9.17) is 11.6 Å². The van der Waals surface area contributed by atoms with Crippen molar-refractivity contribution in [2.75, 3.05) is 7.05 Å². The molecule has 0 spiro atoms. The van der Waals surface area contributed by atoms with Crippen LogP contribution in [0.5, 0.6) is 0 Å². The molecule has 1 fully saturated rings. The zero-order valence-electron chi connectivity index (χ0n) is 12.9. The van der Waals surface area contributed by atoms with E-state index < -0.39 is 0 Å². The number of benzene rings is 1. The fourth-order valence-corrected chi connectivity index (χ4v) is 3.57. The summed E-state index contributed by atoms with van der Waals surface area (Å²) < 4.78 is 13.9. The highest BCUT2D eigenvalue weighted by Crippen LogP contribution is 2.44. The zero-order chi connectivity index (χ0) is 16.4. The number of nitrogens with one attached hydrogen (secondary N) is 2. The van der Waals surface area contributed by atoms with Gasteiger partial charge in [-0.2, -0.15) is 0 Å². The number of aryl methyl sites for hydroxylation is 1. The molecule has 23 heavy (non-hydrogen) atoms. The molecule has 122 valence electrons. The predicted octanol–water partition coefficient (Wildman–Crippen LogP) is 3.47. The van der Waals surface area contributed by atoms with Gasteiger partial charge in [-0.25, -0.2) is 9.37 Å². The summed E-state index contributed by atoms with van der Waals surface area (Å²) in [5, 5.41) is 10.1. The highest BCUT2D eigenvalue weighted by molar-refractivity contribution is 7.09. The fraction of sp³-hybridized carbons (Fsp3) is 0.375. The van der Waals surface area contributed by atoms with Crippen LogP contribution in [0.15, 0.2) is 28.6 Å². The van der Waals surface area contributed by atoms with E-state index >= 15 is 0 Å². The van der Waals surface area contributed by atoms with Crippen molar-refractivity contribution < 1.29 is 4.39 Å². The minimum absolute atomic E-state index is 0.0874. The van der Waals surface area contributed by atoms with Crippen molar-refractivity contribution in [3.63, 3.8) is 0 Å². The van der Waals surface area contributed by atoms with Crippen LogP contribution in [0.25, 0.3) is 0 Å². The molecule has 1 aliphatic rings. The predicted molar refractivity (Wildman–Crippen MR) is 92.7 cm³/mol. The van der Waals surface area contributed by atoms with E-state index in [0.29, 0.717) is 23.1 Å². The van der Waals surface area contributed by atoms with Crippen LogP contribution in [0, 0.1) is 12.7 Å². The summed E-state index contributed by atoms with van der Waals surface area (Å²) in [6.07, 6.45) is 0.845. The van der Waals surface area contributed by atoms with E-state index in [9.17, 15) is 4.39 Å². The molecule has 1 aliphatic carbocycles. The van der Waals surface area contributed by atoms with E-state index in [1.807, 2.05) is 12.3 Å². The second kappa shape index (κ2) is 6.84. The number of halogens is 2. The number of hydrogen-bond acceptors (Lipinski definition) is 3. The molecule has 1 aromatic carbocycles. The SMILES string of the molecule is CN=C(NCc1nc(C)cs1)NC1CC1c1c(F)cccc1Cl. The first-order chi connectivity index (χ1) is 11.1. The molecule has 7 heteroatoms. The highest BCUT2D eigenvalue weighted by atomic mass is 35.5. The Bertz CT molecular complexity index is 710. The fourth-order valence-electron chi connectivity index (χ4n) is 2.55. The Labute approximate surface area is 143 Å². The molecule has 0 radical (unpaired) electrons. The monoisotopic (exact) mass is 352 g/mol. The third-order valence-electron chi connectivity index (χ3n) is 3.78. The van der Waals surface area contributed by atoms with Crippen molar-refractivity contribution in [3.05, 3.63) is 50.7 Å². The maximum absolute atomic E-state index is 13.9. The number of thiazole rings is 1. The average Bonchev–Trinajstić information content (AvgIpc) is 3.14. The zero-order valence-corrected chi connectivity index (χ0v) is 14.5. The third kappa shape index (κ3) is 3.82. The van der Waals surface area contributed by atoms with Gasteiger partial charge in [0.15, 0.2) is 5.96 Å². The lowest BCUT2D eigenvalue weighted by Crippen LogP contribution is -2.38. The molecule has 1 saturated carbocycles. The number of aliphatic imine (C=N–C) groups is 1. The maximum atomic E-state index is 13.9.